The average molecular weight is 383 g/mol. The number of ether oxygens (including phenoxy) is 1. The Morgan fingerprint density at radius 2 is 1.81 bits per heavy atom. The molecule has 0 bridgehead atoms. The maximum atomic E-state index is 14.8. The van der Waals surface area contributed by atoms with Crippen molar-refractivity contribution in [3.63, 3.8) is 0 Å². The van der Waals surface area contributed by atoms with Crippen LogP contribution in [0.25, 0.3) is 11.1 Å². The minimum absolute atomic E-state index is 0.101. The first-order valence-electron chi connectivity index (χ1n) is 8.45. The summed E-state index contributed by atoms with van der Waals surface area (Å²) in [6.45, 7) is 4.68. The van der Waals surface area contributed by atoms with Gasteiger partial charge in [-0.2, -0.15) is 13.2 Å². The van der Waals surface area contributed by atoms with Crippen molar-refractivity contribution in [1.82, 2.24) is 0 Å². The predicted molar refractivity (Wildman–Crippen MR) is 94.5 cm³/mol. The Bertz CT molecular complexity index is 847. The number of esters is 1. The number of alkyl halides is 3. The molecule has 2 aromatic carbocycles. The Hall–Kier alpha value is -2.41. The van der Waals surface area contributed by atoms with Crippen molar-refractivity contribution in [3.05, 3.63) is 58.4 Å². The Balaban J connectivity index is 2.69. The standard InChI is InChI=1S/C20H21F4NO2/c1-4-27-17(26)10-16(25)15-9-14(13-8-6-5-7-11(13)2)12(3)18(19(15)21)20(22,23)24/h5-9,16H,4,10,25H2,1-3H3/t16-/m0/s1. The van der Waals surface area contributed by atoms with Crippen molar-refractivity contribution < 1.29 is 27.1 Å². The zero-order chi connectivity index (χ0) is 20.4. The summed E-state index contributed by atoms with van der Waals surface area (Å²) in [6, 6.07) is 6.91. The van der Waals surface area contributed by atoms with Gasteiger partial charge in [0.15, 0.2) is 0 Å². The van der Waals surface area contributed by atoms with Crippen molar-refractivity contribution in [2.75, 3.05) is 6.61 Å². The van der Waals surface area contributed by atoms with Crippen molar-refractivity contribution in [1.29, 1.82) is 0 Å². The third-order valence-electron chi connectivity index (χ3n) is 4.36. The zero-order valence-electron chi connectivity index (χ0n) is 15.3. The Labute approximate surface area is 155 Å². The fourth-order valence-corrected chi connectivity index (χ4v) is 3.04. The van der Waals surface area contributed by atoms with E-state index in [0.717, 1.165) is 5.56 Å². The van der Waals surface area contributed by atoms with Crippen LogP contribution in [-0.2, 0) is 15.7 Å². The van der Waals surface area contributed by atoms with Crippen molar-refractivity contribution >= 4 is 5.97 Å². The fourth-order valence-electron chi connectivity index (χ4n) is 3.04. The monoisotopic (exact) mass is 383 g/mol. The average Bonchev–Trinajstić information content (AvgIpc) is 2.54. The van der Waals surface area contributed by atoms with Crippen LogP contribution in [0.5, 0.6) is 0 Å². The molecule has 2 N–H and O–H groups in total. The van der Waals surface area contributed by atoms with Crippen LogP contribution in [-0.4, -0.2) is 12.6 Å². The topological polar surface area (TPSA) is 52.3 Å². The number of carbonyl (C=O) groups is 1. The highest BCUT2D eigenvalue weighted by atomic mass is 19.4. The first kappa shape index (κ1) is 20.9. The molecular weight excluding hydrogens is 362 g/mol. The van der Waals surface area contributed by atoms with Gasteiger partial charge in [0.25, 0.3) is 0 Å². The number of aryl methyl sites for hydroxylation is 1. The highest BCUT2D eigenvalue weighted by molar-refractivity contribution is 5.74. The Kier molecular flexibility index (Phi) is 6.26. The van der Waals surface area contributed by atoms with Gasteiger partial charge in [-0.15, -0.1) is 0 Å². The van der Waals surface area contributed by atoms with E-state index >= 15 is 0 Å². The fraction of sp³-hybridized carbons (Fsp3) is 0.350. The van der Waals surface area contributed by atoms with Crippen molar-refractivity contribution in [2.24, 2.45) is 5.73 Å². The number of halogens is 4. The zero-order valence-corrected chi connectivity index (χ0v) is 15.3. The molecule has 0 unspecified atom stereocenters. The lowest BCUT2D eigenvalue weighted by Crippen LogP contribution is -2.21. The minimum atomic E-state index is -4.90. The normalized spacial score (nSPS) is 12.7. The first-order valence-corrected chi connectivity index (χ1v) is 8.45. The molecule has 2 rings (SSSR count). The summed E-state index contributed by atoms with van der Waals surface area (Å²) in [4.78, 5) is 11.6. The van der Waals surface area contributed by atoms with E-state index in [-0.39, 0.29) is 23.3 Å². The summed E-state index contributed by atoms with van der Waals surface area (Å²) in [7, 11) is 0. The second kappa shape index (κ2) is 8.08. The number of rotatable bonds is 5. The summed E-state index contributed by atoms with van der Waals surface area (Å²) >= 11 is 0. The largest absolute Gasteiger partial charge is 0.466 e. The van der Waals surface area contributed by atoms with E-state index < -0.39 is 36.0 Å². The Morgan fingerprint density at radius 1 is 1.19 bits per heavy atom. The van der Waals surface area contributed by atoms with E-state index in [2.05, 4.69) is 0 Å². The second-order valence-corrected chi connectivity index (χ2v) is 6.26. The van der Waals surface area contributed by atoms with Crippen molar-refractivity contribution in [2.45, 2.75) is 39.4 Å². The summed E-state index contributed by atoms with van der Waals surface area (Å²) in [5.41, 5.74) is 5.44. The van der Waals surface area contributed by atoms with E-state index in [4.69, 9.17) is 10.5 Å². The van der Waals surface area contributed by atoms with E-state index in [1.54, 1.807) is 38.1 Å². The van der Waals surface area contributed by atoms with Gasteiger partial charge in [-0.1, -0.05) is 24.3 Å². The third kappa shape index (κ3) is 4.47. The molecule has 0 aliphatic rings. The van der Waals surface area contributed by atoms with Gasteiger partial charge in [0.2, 0.25) is 0 Å². The summed E-state index contributed by atoms with van der Waals surface area (Å²) < 4.78 is 60.2. The van der Waals surface area contributed by atoms with Crippen LogP contribution in [0.3, 0.4) is 0 Å². The molecular formula is C20H21F4NO2. The SMILES string of the molecule is CCOC(=O)C[C@H](N)c1cc(-c2ccccc2C)c(C)c(C(F)(F)F)c1F. The van der Waals surface area contributed by atoms with Gasteiger partial charge in [0.05, 0.1) is 18.6 Å². The van der Waals surface area contributed by atoms with Crippen LogP contribution < -0.4 is 5.73 Å². The maximum Gasteiger partial charge on any atom is 0.419 e. The molecule has 7 heteroatoms. The molecule has 0 radical (unpaired) electrons. The van der Waals surface area contributed by atoms with Crippen LogP contribution in [0.2, 0.25) is 0 Å². The number of carbonyl (C=O) groups excluding carboxylic acids is 1. The van der Waals surface area contributed by atoms with Gasteiger partial charge in [-0.3, -0.25) is 4.79 Å². The Morgan fingerprint density at radius 3 is 2.37 bits per heavy atom. The number of nitrogens with two attached hydrogens (primary N) is 1. The van der Waals surface area contributed by atoms with Crippen LogP contribution in [0.1, 0.15) is 41.6 Å². The summed E-state index contributed by atoms with van der Waals surface area (Å²) in [5, 5.41) is 0. The van der Waals surface area contributed by atoms with Gasteiger partial charge in [-0.05, 0) is 49.1 Å². The molecule has 0 amide bonds. The lowest BCUT2D eigenvalue weighted by atomic mass is 9.88. The van der Waals surface area contributed by atoms with Gasteiger partial charge < -0.3 is 10.5 Å². The lowest BCUT2D eigenvalue weighted by molar-refractivity contribution is -0.143. The molecule has 1 atom stereocenters. The van der Waals surface area contributed by atoms with Crippen LogP contribution in [0.15, 0.2) is 30.3 Å². The maximum absolute atomic E-state index is 14.8. The molecule has 0 fully saturated rings. The van der Waals surface area contributed by atoms with Crippen molar-refractivity contribution in [3.8, 4) is 11.1 Å². The molecule has 0 heterocycles. The van der Waals surface area contributed by atoms with Gasteiger partial charge >= 0.3 is 12.1 Å². The highest BCUT2D eigenvalue weighted by Gasteiger charge is 2.39. The highest BCUT2D eigenvalue weighted by Crippen LogP contribution is 2.41. The second-order valence-electron chi connectivity index (χ2n) is 6.26. The van der Waals surface area contributed by atoms with Crippen LogP contribution >= 0.6 is 0 Å². The van der Waals surface area contributed by atoms with Crippen LogP contribution in [0.4, 0.5) is 17.6 Å². The first-order chi connectivity index (χ1) is 12.6. The molecule has 146 valence electrons. The predicted octanol–water partition coefficient (Wildman–Crippen LogP) is 5.08. The van der Waals surface area contributed by atoms with E-state index in [1.807, 2.05) is 0 Å². The molecule has 2 aromatic rings. The minimum Gasteiger partial charge on any atom is -0.466 e. The van der Waals surface area contributed by atoms with Gasteiger partial charge in [0, 0.05) is 11.6 Å². The third-order valence-corrected chi connectivity index (χ3v) is 4.36. The molecule has 0 saturated heterocycles. The van der Waals surface area contributed by atoms with E-state index in [9.17, 15) is 22.4 Å². The van der Waals surface area contributed by atoms with Crippen LogP contribution in [0, 0.1) is 19.7 Å². The number of hydrogen-bond acceptors (Lipinski definition) is 3. The summed E-state index contributed by atoms with van der Waals surface area (Å²) in [6.07, 6.45) is -5.32. The number of hydrogen-bond donors (Lipinski definition) is 1. The molecule has 0 spiro atoms. The molecule has 27 heavy (non-hydrogen) atoms. The van der Waals surface area contributed by atoms with E-state index in [0.29, 0.717) is 5.56 Å². The lowest BCUT2D eigenvalue weighted by Gasteiger charge is -2.22. The van der Waals surface area contributed by atoms with Gasteiger partial charge in [-0.25, -0.2) is 4.39 Å². The van der Waals surface area contributed by atoms with E-state index in [1.165, 1.54) is 13.0 Å². The summed E-state index contributed by atoms with van der Waals surface area (Å²) in [5.74, 6) is -2.15. The molecule has 0 saturated carbocycles. The molecule has 0 aromatic heterocycles. The smallest absolute Gasteiger partial charge is 0.419 e. The molecule has 3 nitrogen and oxygen atoms in total. The molecule has 0 aliphatic carbocycles. The number of benzene rings is 2. The van der Waals surface area contributed by atoms with Gasteiger partial charge in [0.1, 0.15) is 5.82 Å². The molecule has 0 aliphatic heterocycles. The quantitative estimate of drug-likeness (QED) is 0.579.